The minimum Gasteiger partial charge on any atom is -0.370 e. The lowest BCUT2D eigenvalue weighted by atomic mass is 10.0. The van der Waals surface area contributed by atoms with Gasteiger partial charge in [-0.2, -0.15) is 0 Å². The molecule has 3 heteroatoms. The molecule has 0 aromatic rings. The van der Waals surface area contributed by atoms with Crippen molar-refractivity contribution in [3.8, 4) is 0 Å². The first-order valence-corrected chi connectivity index (χ1v) is 21.2. The molecule has 0 bridgehead atoms. The lowest BCUT2D eigenvalue weighted by molar-refractivity contribution is -0.0468. The molecule has 0 aromatic heterocycles. The number of hydrogen-bond acceptors (Lipinski definition) is 3. The van der Waals surface area contributed by atoms with Gasteiger partial charge in [0.2, 0.25) is 0 Å². The molecule has 3 nitrogen and oxygen atoms in total. The number of unbranched alkanes of at least 4 members (excludes halogenated alkanes) is 30. The largest absolute Gasteiger partial charge is 0.370 e. The number of ether oxygens (including phenoxy) is 3. The van der Waals surface area contributed by atoms with Gasteiger partial charge in [-0.1, -0.05) is 219 Å². The molecule has 2 aliphatic heterocycles. The maximum atomic E-state index is 6.70. The molecule has 2 rings (SSSR count). The Morgan fingerprint density at radius 1 is 0.356 bits per heavy atom. The van der Waals surface area contributed by atoms with E-state index in [0.29, 0.717) is 24.4 Å². The average Bonchev–Trinajstić information content (AvgIpc) is 3.97. The topological polar surface area (TPSA) is 34.3 Å². The highest BCUT2D eigenvalue weighted by molar-refractivity contribution is 4.86. The van der Waals surface area contributed by atoms with Gasteiger partial charge in [0.15, 0.2) is 0 Å². The number of epoxide rings is 2. The first-order valence-electron chi connectivity index (χ1n) is 21.2. The predicted octanol–water partition coefficient (Wildman–Crippen LogP) is 13.8. The van der Waals surface area contributed by atoms with Crippen molar-refractivity contribution in [3.05, 3.63) is 0 Å². The Hall–Kier alpha value is -0.120. The molecule has 0 amide bonds. The fraction of sp³-hybridized carbons (Fsp3) is 1.00. The molecule has 0 aliphatic carbocycles. The summed E-state index contributed by atoms with van der Waals surface area (Å²) in [6, 6.07) is 0. The zero-order valence-corrected chi connectivity index (χ0v) is 31.0. The van der Waals surface area contributed by atoms with Crippen LogP contribution < -0.4 is 0 Å². The Bertz CT molecular complexity index is 536. The van der Waals surface area contributed by atoms with Gasteiger partial charge < -0.3 is 14.2 Å². The van der Waals surface area contributed by atoms with Gasteiger partial charge in [0, 0.05) is 0 Å². The summed E-state index contributed by atoms with van der Waals surface area (Å²) in [6.07, 6.45) is 49.3. The SMILES string of the molecule is CCCCCCCCCCCCCCCCCCC(OC(CCCCCCCCCCCCCCCCCC)C1CO1)C1CO1. The normalized spacial score (nSPS) is 18.8. The van der Waals surface area contributed by atoms with Crippen LogP contribution in [0.25, 0.3) is 0 Å². The summed E-state index contributed by atoms with van der Waals surface area (Å²) < 4.78 is 18.1. The van der Waals surface area contributed by atoms with Crippen LogP contribution in [0.4, 0.5) is 0 Å². The Balaban J connectivity index is 1.36. The second kappa shape index (κ2) is 31.2. The molecule has 2 heterocycles. The summed E-state index contributed by atoms with van der Waals surface area (Å²) >= 11 is 0. The van der Waals surface area contributed by atoms with Gasteiger partial charge in [-0.25, -0.2) is 0 Å². The molecular formula is C42H82O3. The maximum absolute atomic E-state index is 6.70. The third-order valence-corrected chi connectivity index (χ3v) is 10.6. The maximum Gasteiger partial charge on any atom is 0.107 e. The van der Waals surface area contributed by atoms with Crippen LogP contribution in [0.15, 0.2) is 0 Å². The van der Waals surface area contributed by atoms with Crippen molar-refractivity contribution >= 4 is 0 Å². The van der Waals surface area contributed by atoms with E-state index in [1.807, 2.05) is 0 Å². The van der Waals surface area contributed by atoms with Gasteiger partial charge in [-0.05, 0) is 12.8 Å². The third-order valence-electron chi connectivity index (χ3n) is 10.6. The summed E-state index contributed by atoms with van der Waals surface area (Å²) in [5.41, 5.74) is 0. The molecule has 0 spiro atoms. The average molecular weight is 635 g/mol. The molecule has 4 atom stereocenters. The molecule has 2 aliphatic rings. The van der Waals surface area contributed by atoms with Crippen LogP contribution in [0.3, 0.4) is 0 Å². The highest BCUT2D eigenvalue weighted by atomic mass is 16.6. The van der Waals surface area contributed by atoms with Gasteiger partial charge >= 0.3 is 0 Å². The van der Waals surface area contributed by atoms with Crippen LogP contribution in [-0.4, -0.2) is 37.6 Å². The van der Waals surface area contributed by atoms with Crippen LogP contribution in [-0.2, 0) is 14.2 Å². The Labute approximate surface area is 283 Å². The molecule has 2 fully saturated rings. The van der Waals surface area contributed by atoms with Crippen LogP contribution in [0.1, 0.15) is 232 Å². The van der Waals surface area contributed by atoms with E-state index in [-0.39, 0.29) is 0 Å². The van der Waals surface area contributed by atoms with Crippen molar-refractivity contribution in [2.24, 2.45) is 0 Å². The summed E-state index contributed by atoms with van der Waals surface area (Å²) in [4.78, 5) is 0. The van der Waals surface area contributed by atoms with E-state index in [1.54, 1.807) is 0 Å². The molecule has 4 unspecified atom stereocenters. The first kappa shape index (κ1) is 41.1. The summed E-state index contributed by atoms with van der Waals surface area (Å²) in [6.45, 7) is 6.42. The molecule has 0 aromatic carbocycles. The smallest absolute Gasteiger partial charge is 0.107 e. The van der Waals surface area contributed by atoms with Crippen molar-refractivity contribution < 1.29 is 14.2 Å². The van der Waals surface area contributed by atoms with E-state index in [0.717, 1.165) is 13.2 Å². The number of hydrogen-bond donors (Lipinski definition) is 0. The third kappa shape index (κ3) is 26.5. The molecule has 45 heavy (non-hydrogen) atoms. The van der Waals surface area contributed by atoms with Crippen LogP contribution >= 0.6 is 0 Å². The van der Waals surface area contributed by atoms with Gasteiger partial charge in [0.1, 0.15) is 12.2 Å². The standard InChI is InChI=1S/C42H82O3/c1-3-5-7-9-11-13-15-17-19-21-23-25-27-29-31-33-35-39(41-37-43-41)45-40(42-38-44-42)36-34-32-30-28-26-24-22-20-18-16-14-12-10-8-6-4-2/h39-42H,3-38H2,1-2H3. The Morgan fingerprint density at radius 2 is 0.556 bits per heavy atom. The van der Waals surface area contributed by atoms with Gasteiger partial charge in [-0.3, -0.25) is 0 Å². The van der Waals surface area contributed by atoms with Gasteiger partial charge in [-0.15, -0.1) is 0 Å². The summed E-state index contributed by atoms with van der Waals surface area (Å²) in [5, 5.41) is 0. The van der Waals surface area contributed by atoms with Crippen LogP contribution in [0, 0.1) is 0 Å². The van der Waals surface area contributed by atoms with E-state index in [1.165, 1.54) is 218 Å². The van der Waals surface area contributed by atoms with E-state index in [9.17, 15) is 0 Å². The Morgan fingerprint density at radius 3 is 0.756 bits per heavy atom. The molecule has 2 saturated heterocycles. The summed E-state index contributed by atoms with van der Waals surface area (Å²) in [7, 11) is 0. The molecule has 0 N–H and O–H groups in total. The summed E-state index contributed by atoms with van der Waals surface area (Å²) in [5.74, 6) is 0. The van der Waals surface area contributed by atoms with E-state index in [4.69, 9.17) is 14.2 Å². The minimum absolute atomic E-state index is 0.298. The van der Waals surface area contributed by atoms with E-state index < -0.39 is 0 Å². The molecule has 268 valence electrons. The minimum atomic E-state index is 0.298. The van der Waals surface area contributed by atoms with Gasteiger partial charge in [0.25, 0.3) is 0 Å². The zero-order chi connectivity index (χ0) is 31.9. The highest BCUT2D eigenvalue weighted by Gasteiger charge is 2.40. The molecular weight excluding hydrogens is 552 g/mol. The lowest BCUT2D eigenvalue weighted by Crippen LogP contribution is -2.30. The van der Waals surface area contributed by atoms with Crippen LogP contribution in [0.5, 0.6) is 0 Å². The predicted molar refractivity (Wildman–Crippen MR) is 196 cm³/mol. The van der Waals surface area contributed by atoms with Crippen molar-refractivity contribution in [2.75, 3.05) is 13.2 Å². The fourth-order valence-electron chi connectivity index (χ4n) is 7.24. The molecule has 0 saturated carbocycles. The molecule has 0 radical (unpaired) electrons. The second-order valence-corrected chi connectivity index (χ2v) is 15.1. The Kier molecular flexibility index (Phi) is 28.4. The van der Waals surface area contributed by atoms with E-state index in [2.05, 4.69) is 13.8 Å². The van der Waals surface area contributed by atoms with Crippen LogP contribution in [0.2, 0.25) is 0 Å². The quantitative estimate of drug-likeness (QED) is 0.0500. The van der Waals surface area contributed by atoms with Gasteiger partial charge in [0.05, 0.1) is 25.4 Å². The first-order chi connectivity index (χ1) is 22.3. The lowest BCUT2D eigenvalue weighted by Gasteiger charge is -2.23. The highest BCUT2D eigenvalue weighted by Crippen LogP contribution is 2.30. The monoisotopic (exact) mass is 635 g/mol. The van der Waals surface area contributed by atoms with Crippen molar-refractivity contribution in [1.29, 1.82) is 0 Å². The van der Waals surface area contributed by atoms with Crippen molar-refractivity contribution in [1.82, 2.24) is 0 Å². The van der Waals surface area contributed by atoms with Crippen molar-refractivity contribution in [2.45, 2.75) is 257 Å². The second-order valence-electron chi connectivity index (χ2n) is 15.1. The number of rotatable bonds is 38. The fourth-order valence-corrected chi connectivity index (χ4v) is 7.24. The zero-order valence-electron chi connectivity index (χ0n) is 31.0. The van der Waals surface area contributed by atoms with Crippen molar-refractivity contribution in [3.63, 3.8) is 0 Å². The van der Waals surface area contributed by atoms with E-state index >= 15 is 0 Å².